The van der Waals surface area contributed by atoms with Crippen LogP contribution in [0, 0.1) is 6.92 Å². The molecule has 1 saturated carbocycles. The predicted octanol–water partition coefficient (Wildman–Crippen LogP) is 4.04. The monoisotopic (exact) mass is 296 g/mol. The van der Waals surface area contributed by atoms with Crippen molar-refractivity contribution in [1.82, 2.24) is 14.5 Å². The average Bonchev–Trinajstić information content (AvgIpc) is 3.13. The lowest BCUT2D eigenvalue weighted by atomic mass is 9.95. The van der Waals surface area contributed by atoms with Crippen molar-refractivity contribution in [3.8, 4) is 11.4 Å². The Morgan fingerprint density at radius 1 is 1.23 bits per heavy atom. The van der Waals surface area contributed by atoms with Gasteiger partial charge < -0.3 is 9.84 Å². The summed E-state index contributed by atoms with van der Waals surface area (Å²) in [6, 6.07) is 8.50. The molecule has 0 aromatic carbocycles. The molecule has 0 saturated heterocycles. The molecule has 0 atom stereocenters. The van der Waals surface area contributed by atoms with Gasteiger partial charge in [-0.2, -0.15) is 0 Å². The van der Waals surface area contributed by atoms with Crippen LogP contribution in [-0.4, -0.2) is 20.6 Å². The number of nitrogens with one attached hydrogen (secondary N) is 1. The lowest BCUT2D eigenvalue weighted by Gasteiger charge is -2.23. The summed E-state index contributed by atoms with van der Waals surface area (Å²) in [5.74, 6) is 1.83. The third-order valence-corrected chi connectivity index (χ3v) is 4.35. The molecule has 0 spiro atoms. The number of aromatic nitrogens is 3. The van der Waals surface area contributed by atoms with Gasteiger partial charge in [0, 0.05) is 18.3 Å². The van der Waals surface area contributed by atoms with Gasteiger partial charge in [0.25, 0.3) is 0 Å². The number of nitrogens with zero attached hydrogens (tertiary/aromatic N) is 3. The lowest BCUT2D eigenvalue weighted by Crippen LogP contribution is -2.23. The van der Waals surface area contributed by atoms with Crippen LogP contribution in [0.1, 0.15) is 37.9 Å². The Bertz CT molecular complexity index is 783. The molecule has 0 aliphatic heterocycles. The molecule has 1 aliphatic carbocycles. The minimum Gasteiger partial charge on any atom is -0.367 e. The predicted molar refractivity (Wildman–Crippen MR) is 85.9 cm³/mol. The Morgan fingerprint density at radius 3 is 2.86 bits per heavy atom. The maximum Gasteiger partial charge on any atom is 0.140 e. The van der Waals surface area contributed by atoms with Crippen LogP contribution in [0.5, 0.6) is 0 Å². The lowest BCUT2D eigenvalue weighted by molar-refractivity contribution is 0.399. The van der Waals surface area contributed by atoms with E-state index in [1.807, 2.05) is 37.4 Å². The van der Waals surface area contributed by atoms with Crippen LogP contribution in [0.4, 0.5) is 5.82 Å². The van der Waals surface area contributed by atoms with Crippen molar-refractivity contribution in [3.05, 3.63) is 36.2 Å². The second kappa shape index (κ2) is 5.48. The van der Waals surface area contributed by atoms with Crippen molar-refractivity contribution < 1.29 is 4.52 Å². The number of rotatable bonds is 3. The van der Waals surface area contributed by atoms with Gasteiger partial charge in [0.2, 0.25) is 0 Å². The SMILES string of the molecule is Cc1cc(-c2nc3ccccn3c2NC2CCCCC2)no1. The molecule has 5 heteroatoms. The highest BCUT2D eigenvalue weighted by atomic mass is 16.5. The number of hydrogen-bond acceptors (Lipinski definition) is 4. The van der Waals surface area contributed by atoms with E-state index in [1.165, 1.54) is 32.1 Å². The quantitative estimate of drug-likeness (QED) is 0.792. The summed E-state index contributed by atoms with van der Waals surface area (Å²) >= 11 is 0. The highest BCUT2D eigenvalue weighted by Crippen LogP contribution is 2.31. The Kier molecular flexibility index (Phi) is 3.33. The number of imidazole rings is 1. The molecule has 5 nitrogen and oxygen atoms in total. The van der Waals surface area contributed by atoms with E-state index < -0.39 is 0 Å². The standard InChI is InChI=1S/C17H20N4O/c1-12-11-14(20-22-12)16-17(18-13-7-3-2-4-8-13)21-10-6-5-9-15(21)19-16/h5-6,9-11,13,18H,2-4,7-8H2,1H3. The van der Waals surface area contributed by atoms with Gasteiger partial charge in [0.1, 0.15) is 28.6 Å². The summed E-state index contributed by atoms with van der Waals surface area (Å²) in [4.78, 5) is 4.74. The summed E-state index contributed by atoms with van der Waals surface area (Å²) in [7, 11) is 0. The van der Waals surface area contributed by atoms with Crippen LogP contribution in [0.2, 0.25) is 0 Å². The van der Waals surface area contributed by atoms with Gasteiger partial charge in [-0.05, 0) is 31.9 Å². The molecule has 0 bridgehead atoms. The molecular weight excluding hydrogens is 276 g/mol. The summed E-state index contributed by atoms with van der Waals surface area (Å²) in [6.45, 7) is 1.90. The number of anilines is 1. The topological polar surface area (TPSA) is 55.4 Å². The van der Waals surface area contributed by atoms with Crippen molar-refractivity contribution in [3.63, 3.8) is 0 Å². The van der Waals surface area contributed by atoms with Crippen LogP contribution >= 0.6 is 0 Å². The van der Waals surface area contributed by atoms with E-state index >= 15 is 0 Å². The number of hydrogen-bond donors (Lipinski definition) is 1. The third-order valence-electron chi connectivity index (χ3n) is 4.35. The first-order valence-electron chi connectivity index (χ1n) is 7.98. The minimum atomic E-state index is 0.514. The molecule has 1 N–H and O–H groups in total. The van der Waals surface area contributed by atoms with Crippen LogP contribution in [-0.2, 0) is 0 Å². The molecule has 0 radical (unpaired) electrons. The maximum absolute atomic E-state index is 5.23. The highest BCUT2D eigenvalue weighted by molar-refractivity contribution is 5.74. The van der Waals surface area contributed by atoms with Gasteiger partial charge in [-0.1, -0.05) is 30.5 Å². The van der Waals surface area contributed by atoms with E-state index in [1.54, 1.807) is 0 Å². The van der Waals surface area contributed by atoms with Gasteiger partial charge in [0.15, 0.2) is 0 Å². The van der Waals surface area contributed by atoms with Crippen LogP contribution < -0.4 is 5.32 Å². The average molecular weight is 296 g/mol. The number of pyridine rings is 1. The zero-order valence-corrected chi connectivity index (χ0v) is 12.7. The van der Waals surface area contributed by atoms with E-state index in [0.717, 1.165) is 28.6 Å². The van der Waals surface area contributed by atoms with Crippen LogP contribution in [0.3, 0.4) is 0 Å². The molecule has 1 fully saturated rings. The van der Waals surface area contributed by atoms with Gasteiger partial charge in [-0.3, -0.25) is 4.40 Å². The molecule has 3 aromatic heterocycles. The third kappa shape index (κ3) is 2.36. The second-order valence-corrected chi connectivity index (χ2v) is 6.04. The van der Waals surface area contributed by atoms with Gasteiger partial charge in [-0.25, -0.2) is 4.98 Å². The Morgan fingerprint density at radius 2 is 2.09 bits per heavy atom. The van der Waals surface area contributed by atoms with Crippen molar-refractivity contribution in [2.75, 3.05) is 5.32 Å². The highest BCUT2D eigenvalue weighted by Gasteiger charge is 2.21. The molecule has 22 heavy (non-hydrogen) atoms. The second-order valence-electron chi connectivity index (χ2n) is 6.04. The number of fused-ring (bicyclic) bond motifs is 1. The first-order chi connectivity index (χ1) is 10.8. The van der Waals surface area contributed by atoms with Crippen molar-refractivity contribution >= 4 is 11.5 Å². The fourth-order valence-corrected chi connectivity index (χ4v) is 3.23. The molecular formula is C17H20N4O. The zero-order valence-electron chi connectivity index (χ0n) is 12.7. The Hall–Kier alpha value is -2.30. The minimum absolute atomic E-state index is 0.514. The first kappa shape index (κ1) is 13.4. The molecule has 0 amide bonds. The summed E-state index contributed by atoms with van der Waals surface area (Å²) < 4.78 is 7.34. The van der Waals surface area contributed by atoms with E-state index in [4.69, 9.17) is 9.51 Å². The Labute approximate surface area is 129 Å². The van der Waals surface area contributed by atoms with Crippen molar-refractivity contribution in [2.45, 2.75) is 45.1 Å². The van der Waals surface area contributed by atoms with E-state index in [-0.39, 0.29) is 0 Å². The normalized spacial score (nSPS) is 16.2. The van der Waals surface area contributed by atoms with Crippen molar-refractivity contribution in [2.24, 2.45) is 0 Å². The summed E-state index contributed by atoms with van der Waals surface area (Å²) in [5.41, 5.74) is 2.59. The van der Waals surface area contributed by atoms with Gasteiger partial charge in [0.05, 0.1) is 0 Å². The summed E-state index contributed by atoms with van der Waals surface area (Å²) in [5, 5.41) is 7.84. The first-order valence-corrected chi connectivity index (χ1v) is 7.98. The van der Waals surface area contributed by atoms with E-state index in [0.29, 0.717) is 6.04 Å². The van der Waals surface area contributed by atoms with E-state index in [2.05, 4.69) is 14.9 Å². The maximum atomic E-state index is 5.23. The molecule has 3 heterocycles. The van der Waals surface area contributed by atoms with E-state index in [9.17, 15) is 0 Å². The van der Waals surface area contributed by atoms with Crippen molar-refractivity contribution in [1.29, 1.82) is 0 Å². The molecule has 0 unspecified atom stereocenters. The van der Waals surface area contributed by atoms with Gasteiger partial charge >= 0.3 is 0 Å². The molecule has 114 valence electrons. The fraction of sp³-hybridized carbons (Fsp3) is 0.412. The largest absolute Gasteiger partial charge is 0.367 e. The summed E-state index contributed by atoms with van der Waals surface area (Å²) in [6.07, 6.45) is 8.43. The molecule has 4 rings (SSSR count). The zero-order chi connectivity index (χ0) is 14.9. The van der Waals surface area contributed by atoms with Gasteiger partial charge in [-0.15, -0.1) is 0 Å². The Balaban J connectivity index is 1.79. The van der Waals surface area contributed by atoms with Crippen LogP contribution in [0.15, 0.2) is 35.0 Å². The molecule has 1 aliphatic rings. The smallest absolute Gasteiger partial charge is 0.140 e. The molecule has 3 aromatic rings. The number of aryl methyl sites for hydroxylation is 1. The fourth-order valence-electron chi connectivity index (χ4n) is 3.23. The van der Waals surface area contributed by atoms with Crippen LogP contribution in [0.25, 0.3) is 17.0 Å².